The third kappa shape index (κ3) is 7.36. The average molecular weight is 280 g/mol. The Labute approximate surface area is 122 Å². The normalized spacial score (nSPS) is 10.5. The first-order chi connectivity index (χ1) is 9.88. The molecule has 0 radical (unpaired) electrons. The van der Waals surface area contributed by atoms with Crippen molar-refractivity contribution in [1.29, 1.82) is 0 Å². The molecule has 0 unspecified atom stereocenters. The molecule has 1 aromatic rings. The van der Waals surface area contributed by atoms with Gasteiger partial charge in [-0.15, -0.1) is 0 Å². The van der Waals surface area contributed by atoms with Gasteiger partial charge in [0.1, 0.15) is 0 Å². The number of para-hydroxylation sites is 2. The van der Waals surface area contributed by atoms with Crippen LogP contribution in [0.2, 0.25) is 0 Å². The van der Waals surface area contributed by atoms with Crippen molar-refractivity contribution in [3.63, 3.8) is 0 Å². The van der Waals surface area contributed by atoms with E-state index in [4.69, 9.17) is 10.2 Å². The zero-order valence-corrected chi connectivity index (χ0v) is 12.3. The molecule has 0 aromatic heterocycles. The van der Waals surface area contributed by atoms with E-state index in [2.05, 4.69) is 22.8 Å². The van der Waals surface area contributed by atoms with E-state index in [0.29, 0.717) is 0 Å². The molecule has 0 saturated carbocycles. The highest BCUT2D eigenvalue weighted by atomic mass is 16.3. The molecule has 0 aliphatic heterocycles. The van der Waals surface area contributed by atoms with Gasteiger partial charge in [0.15, 0.2) is 0 Å². The lowest BCUT2D eigenvalue weighted by Crippen LogP contribution is -2.07. The quantitative estimate of drug-likeness (QED) is 0.445. The number of aliphatic hydroxyl groups excluding tert-OH is 2. The van der Waals surface area contributed by atoms with Crippen molar-refractivity contribution >= 4 is 11.4 Å². The number of nitrogens with one attached hydrogen (secondary N) is 2. The molecule has 0 atom stereocenters. The lowest BCUT2D eigenvalue weighted by atomic mass is 10.2. The molecule has 1 aromatic carbocycles. The zero-order valence-electron chi connectivity index (χ0n) is 12.3. The minimum atomic E-state index is 0.284. The first-order valence-corrected chi connectivity index (χ1v) is 7.67. The summed E-state index contributed by atoms with van der Waals surface area (Å²) in [6.45, 7) is 2.43. The van der Waals surface area contributed by atoms with Gasteiger partial charge < -0.3 is 20.8 Å². The number of anilines is 2. The molecule has 0 aliphatic rings. The van der Waals surface area contributed by atoms with E-state index >= 15 is 0 Å². The molecule has 114 valence electrons. The molecule has 4 heteroatoms. The van der Waals surface area contributed by atoms with Gasteiger partial charge >= 0.3 is 0 Å². The number of benzene rings is 1. The van der Waals surface area contributed by atoms with Crippen molar-refractivity contribution < 1.29 is 10.2 Å². The van der Waals surface area contributed by atoms with Crippen LogP contribution >= 0.6 is 0 Å². The highest BCUT2D eigenvalue weighted by Gasteiger charge is 2.00. The Morgan fingerprint density at radius 3 is 1.50 bits per heavy atom. The fraction of sp³-hybridized carbons (Fsp3) is 0.625. The fourth-order valence-electron chi connectivity index (χ4n) is 2.06. The number of rotatable bonds is 12. The average Bonchev–Trinajstić information content (AvgIpc) is 2.48. The molecule has 4 nitrogen and oxygen atoms in total. The van der Waals surface area contributed by atoms with Gasteiger partial charge in [-0.2, -0.15) is 0 Å². The Bertz CT molecular complexity index is 312. The van der Waals surface area contributed by atoms with E-state index in [9.17, 15) is 0 Å². The predicted molar refractivity (Wildman–Crippen MR) is 85.3 cm³/mol. The molecular weight excluding hydrogens is 252 g/mol. The van der Waals surface area contributed by atoms with E-state index in [1.165, 1.54) is 0 Å². The molecule has 20 heavy (non-hydrogen) atoms. The Hall–Kier alpha value is -1.26. The van der Waals surface area contributed by atoms with Gasteiger partial charge in [-0.25, -0.2) is 0 Å². The van der Waals surface area contributed by atoms with Crippen molar-refractivity contribution in [1.82, 2.24) is 0 Å². The molecule has 0 amide bonds. The lowest BCUT2D eigenvalue weighted by Gasteiger charge is -2.13. The topological polar surface area (TPSA) is 64.5 Å². The zero-order chi connectivity index (χ0) is 14.5. The van der Waals surface area contributed by atoms with Crippen LogP contribution in [0, 0.1) is 0 Å². The van der Waals surface area contributed by atoms with Crippen molar-refractivity contribution in [2.45, 2.75) is 38.5 Å². The van der Waals surface area contributed by atoms with Gasteiger partial charge in [-0.1, -0.05) is 12.1 Å². The Kier molecular flexibility index (Phi) is 9.70. The number of hydrogen-bond acceptors (Lipinski definition) is 4. The van der Waals surface area contributed by atoms with Crippen LogP contribution in [0.5, 0.6) is 0 Å². The van der Waals surface area contributed by atoms with Crippen LogP contribution in [0.4, 0.5) is 11.4 Å². The maximum atomic E-state index is 8.74. The lowest BCUT2D eigenvalue weighted by molar-refractivity contribution is 0.283. The largest absolute Gasteiger partial charge is 0.396 e. The summed E-state index contributed by atoms with van der Waals surface area (Å²) in [7, 11) is 0. The third-order valence-corrected chi connectivity index (χ3v) is 3.23. The molecule has 1 rings (SSSR count). The van der Waals surface area contributed by atoms with E-state index < -0.39 is 0 Å². The maximum Gasteiger partial charge on any atom is 0.0575 e. The van der Waals surface area contributed by atoms with Crippen LogP contribution in [0.3, 0.4) is 0 Å². The molecule has 0 saturated heterocycles. The summed E-state index contributed by atoms with van der Waals surface area (Å²) in [6, 6.07) is 8.24. The summed E-state index contributed by atoms with van der Waals surface area (Å²) in [4.78, 5) is 0. The molecule has 0 fully saturated rings. The van der Waals surface area contributed by atoms with Gasteiger partial charge in [0.2, 0.25) is 0 Å². The van der Waals surface area contributed by atoms with Gasteiger partial charge in [0.05, 0.1) is 11.4 Å². The fourth-order valence-corrected chi connectivity index (χ4v) is 2.06. The van der Waals surface area contributed by atoms with Gasteiger partial charge in [0, 0.05) is 26.3 Å². The Morgan fingerprint density at radius 1 is 0.650 bits per heavy atom. The second-order valence-corrected chi connectivity index (χ2v) is 4.97. The van der Waals surface area contributed by atoms with Crippen LogP contribution in [0.1, 0.15) is 38.5 Å². The third-order valence-electron chi connectivity index (χ3n) is 3.23. The highest BCUT2D eigenvalue weighted by Crippen LogP contribution is 2.21. The van der Waals surface area contributed by atoms with Crippen LogP contribution in [0.25, 0.3) is 0 Å². The first kappa shape index (κ1) is 16.8. The van der Waals surface area contributed by atoms with Crippen molar-refractivity contribution in [2.75, 3.05) is 36.9 Å². The highest BCUT2D eigenvalue weighted by molar-refractivity contribution is 5.68. The summed E-state index contributed by atoms with van der Waals surface area (Å²) in [5.41, 5.74) is 2.28. The second-order valence-electron chi connectivity index (χ2n) is 4.97. The van der Waals surface area contributed by atoms with Crippen LogP contribution in [-0.2, 0) is 0 Å². The molecule has 0 spiro atoms. The van der Waals surface area contributed by atoms with Crippen molar-refractivity contribution in [3.05, 3.63) is 24.3 Å². The van der Waals surface area contributed by atoms with E-state index in [-0.39, 0.29) is 13.2 Å². The van der Waals surface area contributed by atoms with Crippen molar-refractivity contribution in [2.24, 2.45) is 0 Å². The SMILES string of the molecule is OCCCCCNc1ccccc1NCCCCCO. The van der Waals surface area contributed by atoms with Gasteiger partial charge in [0.25, 0.3) is 0 Å². The summed E-state index contributed by atoms with van der Waals surface area (Å²) in [5.74, 6) is 0. The minimum absolute atomic E-state index is 0.284. The van der Waals surface area contributed by atoms with E-state index in [1.54, 1.807) is 0 Å². The first-order valence-electron chi connectivity index (χ1n) is 7.67. The molecular formula is C16H28N2O2. The van der Waals surface area contributed by atoms with E-state index in [0.717, 1.165) is 63.0 Å². The molecule has 0 aliphatic carbocycles. The molecule has 0 bridgehead atoms. The molecule has 0 heterocycles. The van der Waals surface area contributed by atoms with Crippen LogP contribution in [0.15, 0.2) is 24.3 Å². The van der Waals surface area contributed by atoms with Gasteiger partial charge in [-0.05, 0) is 50.7 Å². The van der Waals surface area contributed by atoms with Crippen LogP contribution < -0.4 is 10.6 Å². The standard InChI is InChI=1S/C16H28N2O2/c19-13-7-1-5-11-17-15-9-3-4-10-16(15)18-12-6-2-8-14-20/h3-4,9-10,17-20H,1-2,5-8,11-14H2. The van der Waals surface area contributed by atoms with E-state index in [1.807, 2.05) is 12.1 Å². The maximum absolute atomic E-state index is 8.74. The van der Waals surface area contributed by atoms with Crippen LogP contribution in [-0.4, -0.2) is 36.5 Å². The van der Waals surface area contributed by atoms with Crippen molar-refractivity contribution in [3.8, 4) is 0 Å². The number of aliphatic hydroxyl groups is 2. The van der Waals surface area contributed by atoms with Gasteiger partial charge in [-0.3, -0.25) is 0 Å². The summed E-state index contributed by atoms with van der Waals surface area (Å²) >= 11 is 0. The predicted octanol–water partition coefficient (Wildman–Crippen LogP) is 2.84. The monoisotopic (exact) mass is 280 g/mol. The Balaban J connectivity index is 2.27. The number of unbranched alkanes of at least 4 members (excludes halogenated alkanes) is 4. The summed E-state index contributed by atoms with van der Waals surface area (Å²) in [6.07, 6.45) is 6.02. The minimum Gasteiger partial charge on any atom is -0.396 e. The smallest absolute Gasteiger partial charge is 0.0575 e. The summed E-state index contributed by atoms with van der Waals surface area (Å²) < 4.78 is 0. The molecule has 4 N–H and O–H groups in total. The summed E-state index contributed by atoms with van der Waals surface area (Å²) in [5, 5.41) is 24.4. The number of hydrogen-bond donors (Lipinski definition) is 4. The second kappa shape index (κ2) is 11.6. The Morgan fingerprint density at radius 2 is 1.10 bits per heavy atom.